The first kappa shape index (κ1) is 13.3. The molecule has 122 valence electrons. The van der Waals surface area contributed by atoms with E-state index in [0.717, 1.165) is 30.5 Å². The fourth-order valence-electron chi connectivity index (χ4n) is 3.24. The number of ether oxygens (including phenoxy) is 1. The monoisotopic (exact) mass is 319 g/mol. The summed E-state index contributed by atoms with van der Waals surface area (Å²) in [6.45, 7) is 0.925. The second-order valence-electron chi connectivity index (χ2n) is 6.01. The van der Waals surface area contributed by atoms with Crippen LogP contribution in [0.5, 0.6) is 17.2 Å². The number of nitrogens with zero attached hydrogens (tertiary/aromatic N) is 1. The van der Waals surface area contributed by atoms with Gasteiger partial charge in [-0.25, -0.2) is 0 Å². The number of aromatic hydroxyl groups is 2. The Bertz CT molecular complexity index is 771. The van der Waals surface area contributed by atoms with Crippen LogP contribution in [-0.2, 0) is 12.8 Å². The van der Waals surface area contributed by atoms with Crippen molar-refractivity contribution < 1.29 is 17.7 Å². The smallest absolute Gasteiger partial charge is 0.160 e. The average Bonchev–Trinajstić information content (AvgIpc) is 2.58. The molecule has 4 nitrogen and oxygen atoms in total. The van der Waals surface area contributed by atoms with Crippen molar-refractivity contribution in [2.45, 2.75) is 25.3 Å². The van der Waals surface area contributed by atoms with Crippen LogP contribution >= 0.6 is 0 Å². The summed E-state index contributed by atoms with van der Waals surface area (Å²) < 4.78 is 20.7. The van der Waals surface area contributed by atoms with Gasteiger partial charge in [-0.05, 0) is 67.2 Å². The van der Waals surface area contributed by atoms with Gasteiger partial charge in [0, 0.05) is 12.6 Å². The molecule has 1 aliphatic rings. The highest BCUT2D eigenvalue weighted by molar-refractivity contribution is 5.48. The van der Waals surface area contributed by atoms with Crippen molar-refractivity contribution in [3.63, 3.8) is 0 Å². The first-order valence-corrected chi connectivity index (χ1v) is 7.79. The van der Waals surface area contributed by atoms with Crippen molar-refractivity contribution in [3.8, 4) is 17.2 Å². The van der Waals surface area contributed by atoms with Crippen LogP contribution in [0.4, 0.5) is 0 Å². The zero-order valence-corrected chi connectivity index (χ0v) is 13.5. The molecule has 0 fully saturated rings. The summed E-state index contributed by atoms with van der Waals surface area (Å²) in [4.78, 5) is 2.26. The SMILES string of the molecule is [3H]c1cc(C[14CH2]C2c3cc(O)c(OC)cc3CCN2C)cc([3H])c1O. The van der Waals surface area contributed by atoms with E-state index >= 15 is 0 Å². The average molecular weight is 319 g/mol. The van der Waals surface area contributed by atoms with E-state index in [-0.39, 0.29) is 29.6 Å². The summed E-state index contributed by atoms with van der Waals surface area (Å²) >= 11 is 0. The van der Waals surface area contributed by atoms with E-state index in [1.54, 1.807) is 25.3 Å². The highest BCUT2D eigenvalue weighted by atomic mass is 16.5. The van der Waals surface area contributed by atoms with Crippen molar-refractivity contribution in [3.05, 3.63) is 53.0 Å². The maximum Gasteiger partial charge on any atom is 0.160 e. The van der Waals surface area contributed by atoms with Gasteiger partial charge in [0.25, 0.3) is 0 Å². The fraction of sp³-hybridized carbons (Fsp3) is 0.368. The highest BCUT2D eigenvalue weighted by Gasteiger charge is 2.26. The maximum atomic E-state index is 10.1. The Morgan fingerprint density at radius 3 is 2.78 bits per heavy atom. The fourth-order valence-corrected chi connectivity index (χ4v) is 3.24. The number of hydrogen-bond donors (Lipinski definition) is 2. The molecule has 0 saturated carbocycles. The molecule has 0 aromatic heterocycles. The molecule has 23 heavy (non-hydrogen) atoms. The Balaban J connectivity index is 1.85. The van der Waals surface area contributed by atoms with E-state index in [9.17, 15) is 10.2 Å². The van der Waals surface area contributed by atoms with Crippen LogP contribution in [0.3, 0.4) is 0 Å². The largest absolute Gasteiger partial charge is 0.508 e. The minimum absolute atomic E-state index is 0.0118. The van der Waals surface area contributed by atoms with Crippen molar-refractivity contribution in [1.82, 2.24) is 4.90 Å². The van der Waals surface area contributed by atoms with Crippen LogP contribution in [0.25, 0.3) is 0 Å². The van der Waals surface area contributed by atoms with Gasteiger partial charge in [-0.2, -0.15) is 0 Å². The van der Waals surface area contributed by atoms with Crippen LogP contribution in [-0.4, -0.2) is 35.8 Å². The Morgan fingerprint density at radius 1 is 1.35 bits per heavy atom. The Morgan fingerprint density at radius 2 is 2.09 bits per heavy atom. The predicted molar refractivity (Wildman–Crippen MR) is 90.2 cm³/mol. The number of phenols is 2. The number of fused-ring (bicyclic) bond motifs is 1. The lowest BCUT2D eigenvalue weighted by Crippen LogP contribution is -2.32. The normalized spacial score (nSPS) is 19.0. The van der Waals surface area contributed by atoms with Crippen LogP contribution in [0, 0.1) is 0 Å². The standard InChI is InChI=1S/C19H23NO3/c1-20-10-9-14-11-19(23-2)18(22)12-16(14)17(20)8-5-13-3-6-15(21)7-4-13/h3-4,6-7,11-12,17,21-22H,5,8-10H2,1-2H3/i6T,7T,8+2. The molecule has 1 aliphatic heterocycles. The van der Waals surface area contributed by atoms with Gasteiger partial charge >= 0.3 is 0 Å². The van der Waals surface area contributed by atoms with E-state index in [4.69, 9.17) is 7.48 Å². The number of benzene rings is 2. The van der Waals surface area contributed by atoms with Crippen LogP contribution in [0.1, 0.15) is 31.9 Å². The van der Waals surface area contributed by atoms with E-state index in [1.807, 2.05) is 6.07 Å². The quantitative estimate of drug-likeness (QED) is 0.908. The van der Waals surface area contributed by atoms with E-state index < -0.39 is 0 Å². The van der Waals surface area contributed by atoms with Crippen LogP contribution < -0.4 is 4.74 Å². The molecule has 4 heteroatoms. The van der Waals surface area contributed by atoms with Crippen LogP contribution in [0.15, 0.2) is 36.4 Å². The number of likely N-dealkylation sites (N-methyl/N-ethyl adjacent to an activating group) is 1. The first-order valence-electron chi connectivity index (χ1n) is 8.79. The third-order valence-electron chi connectivity index (χ3n) is 4.56. The van der Waals surface area contributed by atoms with Crippen molar-refractivity contribution in [2.24, 2.45) is 0 Å². The van der Waals surface area contributed by atoms with E-state index in [0.29, 0.717) is 12.2 Å². The van der Waals surface area contributed by atoms with Gasteiger partial charge < -0.3 is 14.9 Å². The summed E-state index contributed by atoms with van der Waals surface area (Å²) in [7, 11) is 3.62. The zero-order chi connectivity index (χ0) is 18.1. The van der Waals surface area contributed by atoms with Crippen LogP contribution in [0.2, 0.25) is 0 Å². The topological polar surface area (TPSA) is 52.9 Å². The summed E-state index contributed by atoms with van der Waals surface area (Å²) in [5.41, 5.74) is 3.15. The number of methoxy groups -OCH3 is 1. The van der Waals surface area contributed by atoms with Gasteiger partial charge in [0.2, 0.25) is 0 Å². The molecular weight excluding hydrogens is 292 g/mol. The minimum atomic E-state index is -0.277. The number of rotatable bonds is 4. The molecule has 3 rings (SSSR count). The summed E-state index contributed by atoms with van der Waals surface area (Å²) in [6, 6.07) is 7.06. The van der Waals surface area contributed by atoms with E-state index in [2.05, 4.69) is 11.9 Å². The van der Waals surface area contributed by atoms with E-state index in [1.165, 1.54) is 5.56 Å². The second-order valence-corrected chi connectivity index (χ2v) is 6.01. The Hall–Kier alpha value is -2.20. The number of hydrogen-bond acceptors (Lipinski definition) is 4. The molecule has 2 aromatic carbocycles. The number of phenolic OH excluding ortho intramolecular Hbond substituents is 2. The summed E-state index contributed by atoms with van der Waals surface area (Å²) in [5, 5.41) is 19.7. The van der Waals surface area contributed by atoms with Gasteiger partial charge in [0.1, 0.15) is 5.75 Å². The van der Waals surface area contributed by atoms with Gasteiger partial charge in [0.05, 0.1) is 9.85 Å². The van der Waals surface area contributed by atoms with Gasteiger partial charge in [-0.15, -0.1) is 0 Å². The second kappa shape index (κ2) is 6.50. The predicted octanol–water partition coefficient (Wildman–Crippen LogP) is 3.27. The molecule has 1 atom stereocenters. The molecular formula is C19H23NO3. The Labute approximate surface area is 139 Å². The molecule has 0 bridgehead atoms. The third kappa shape index (κ3) is 3.27. The molecule has 1 unspecified atom stereocenters. The summed E-state index contributed by atoms with van der Waals surface area (Å²) in [6.07, 6.45) is 2.41. The van der Waals surface area contributed by atoms with Gasteiger partial charge in [-0.3, -0.25) is 4.90 Å². The molecule has 0 aliphatic carbocycles. The molecule has 0 spiro atoms. The molecule has 0 radical (unpaired) electrons. The minimum Gasteiger partial charge on any atom is -0.508 e. The highest BCUT2D eigenvalue weighted by Crippen LogP contribution is 2.38. The molecule has 0 amide bonds. The van der Waals surface area contributed by atoms with Gasteiger partial charge in [-0.1, -0.05) is 12.1 Å². The lowest BCUT2D eigenvalue weighted by Gasteiger charge is -2.35. The Kier molecular flexibility index (Phi) is 3.75. The third-order valence-corrected chi connectivity index (χ3v) is 4.56. The van der Waals surface area contributed by atoms with Crippen molar-refractivity contribution >= 4 is 0 Å². The molecule has 2 N–H and O–H groups in total. The molecule has 1 heterocycles. The van der Waals surface area contributed by atoms with Crippen molar-refractivity contribution in [1.29, 1.82) is 0 Å². The molecule has 2 aromatic rings. The van der Waals surface area contributed by atoms with Gasteiger partial charge in [0.15, 0.2) is 11.5 Å². The maximum absolute atomic E-state index is 10.1. The first-order chi connectivity index (χ1) is 11.9. The zero-order valence-electron chi connectivity index (χ0n) is 15.5. The number of aryl methyl sites for hydroxylation is 1. The molecule has 0 saturated heterocycles. The summed E-state index contributed by atoms with van der Waals surface area (Å²) in [5.74, 6) is 0.368. The lowest BCUT2D eigenvalue weighted by atomic mass is 9.96. The van der Waals surface area contributed by atoms with Crippen molar-refractivity contribution in [2.75, 3.05) is 20.7 Å². The lowest BCUT2D eigenvalue weighted by molar-refractivity contribution is 0.218.